The van der Waals surface area contributed by atoms with Crippen LogP contribution in [0.5, 0.6) is 11.5 Å². The third kappa shape index (κ3) is 6.71. The van der Waals surface area contributed by atoms with E-state index in [-0.39, 0.29) is 17.1 Å². The van der Waals surface area contributed by atoms with E-state index in [0.717, 1.165) is 70.0 Å². The van der Waals surface area contributed by atoms with E-state index >= 15 is 0 Å². The van der Waals surface area contributed by atoms with E-state index in [1.807, 2.05) is 18.2 Å². The van der Waals surface area contributed by atoms with Crippen LogP contribution in [-0.2, 0) is 10.2 Å². The number of benzene rings is 2. The molecule has 1 aliphatic heterocycles. The first-order valence-corrected chi connectivity index (χ1v) is 13.8. The van der Waals surface area contributed by atoms with Gasteiger partial charge in [-0.2, -0.15) is 0 Å². The van der Waals surface area contributed by atoms with Gasteiger partial charge in [0.2, 0.25) is 0 Å². The van der Waals surface area contributed by atoms with E-state index in [9.17, 15) is 20.1 Å². The highest BCUT2D eigenvalue weighted by atomic mass is 32.2. The van der Waals surface area contributed by atoms with Gasteiger partial charge in [-0.1, -0.05) is 77.0 Å². The second-order valence-electron chi connectivity index (χ2n) is 10.1. The lowest BCUT2D eigenvalue weighted by atomic mass is 9.68. The van der Waals surface area contributed by atoms with Crippen LogP contribution in [0.2, 0.25) is 0 Å². The van der Waals surface area contributed by atoms with Crippen molar-refractivity contribution in [2.24, 2.45) is 5.92 Å². The summed E-state index contributed by atoms with van der Waals surface area (Å²) >= 11 is 1.80. The molecular formula is C29H40O4S. The normalized spacial score (nSPS) is 20.6. The summed E-state index contributed by atoms with van der Waals surface area (Å²) in [5, 5.41) is 29.2. The Bertz CT molecular complexity index is 926. The fraction of sp³-hybridized carbons (Fsp3) is 0.552. The molecule has 34 heavy (non-hydrogen) atoms. The first-order valence-electron chi connectivity index (χ1n) is 12.8. The Kier molecular flexibility index (Phi) is 9.75. The number of hydrogen-bond donors (Lipinski definition) is 3. The minimum absolute atomic E-state index is 0.0453. The summed E-state index contributed by atoms with van der Waals surface area (Å²) in [5.41, 5.74) is 2.51. The quantitative estimate of drug-likeness (QED) is 0.252. The Balaban J connectivity index is 1.58. The minimum Gasteiger partial charge on any atom is -0.508 e. The minimum atomic E-state index is -0.637. The molecule has 0 saturated heterocycles. The molecule has 3 N–H and O–H groups in total. The molecule has 2 aromatic carbocycles. The third-order valence-electron chi connectivity index (χ3n) is 7.50. The number of carboxylic acids is 1. The van der Waals surface area contributed by atoms with E-state index in [1.165, 1.54) is 16.0 Å². The summed E-state index contributed by atoms with van der Waals surface area (Å²) in [6, 6.07) is 13.4. The Morgan fingerprint density at radius 2 is 1.62 bits per heavy atom. The molecule has 5 heteroatoms. The van der Waals surface area contributed by atoms with E-state index in [2.05, 4.69) is 19.9 Å². The second kappa shape index (κ2) is 12.5. The van der Waals surface area contributed by atoms with E-state index in [1.54, 1.807) is 30.0 Å². The van der Waals surface area contributed by atoms with Crippen LogP contribution in [0.15, 0.2) is 47.4 Å². The summed E-state index contributed by atoms with van der Waals surface area (Å²) in [7, 11) is 0. The molecular weight excluding hydrogens is 444 g/mol. The lowest BCUT2D eigenvalue weighted by Gasteiger charge is -2.43. The number of phenols is 2. The summed E-state index contributed by atoms with van der Waals surface area (Å²) in [5.74, 6) is 1.07. The Hall–Kier alpha value is -2.14. The van der Waals surface area contributed by atoms with Gasteiger partial charge >= 0.3 is 5.97 Å². The average Bonchev–Trinajstić information content (AvgIpc) is 2.81. The number of hydrogen-bond acceptors (Lipinski definition) is 4. The summed E-state index contributed by atoms with van der Waals surface area (Å²) in [4.78, 5) is 12.6. The van der Waals surface area contributed by atoms with Crippen molar-refractivity contribution in [3.8, 4) is 11.5 Å². The van der Waals surface area contributed by atoms with Gasteiger partial charge in [0.1, 0.15) is 11.5 Å². The van der Waals surface area contributed by atoms with E-state index in [4.69, 9.17) is 0 Å². The van der Waals surface area contributed by atoms with Crippen LogP contribution >= 0.6 is 11.8 Å². The Labute approximate surface area is 208 Å². The Morgan fingerprint density at radius 3 is 2.32 bits per heavy atom. The maximum absolute atomic E-state index is 11.4. The molecule has 2 aromatic rings. The van der Waals surface area contributed by atoms with Gasteiger partial charge in [-0.05, 0) is 60.6 Å². The predicted octanol–water partition coefficient (Wildman–Crippen LogP) is 7.87. The first-order chi connectivity index (χ1) is 16.3. The number of aliphatic carboxylic acids is 1. The zero-order chi connectivity index (χ0) is 24.6. The topological polar surface area (TPSA) is 77.8 Å². The fourth-order valence-electron chi connectivity index (χ4n) is 5.32. The van der Waals surface area contributed by atoms with Crippen LogP contribution in [0.3, 0.4) is 0 Å². The number of carboxylic acid groups (broad SMARTS) is 1. The molecule has 1 heterocycles. The van der Waals surface area contributed by atoms with Crippen molar-refractivity contribution in [2.45, 2.75) is 94.3 Å². The number of unbranched alkanes of at least 4 members (excludes halogenated alkanes) is 5. The van der Waals surface area contributed by atoms with Crippen LogP contribution < -0.4 is 0 Å². The predicted molar refractivity (Wildman–Crippen MR) is 140 cm³/mol. The molecule has 0 spiro atoms. The number of phenolic OH excluding ortho intramolecular Hbond substituents is 2. The van der Waals surface area contributed by atoms with Crippen LogP contribution in [-0.4, -0.2) is 27.0 Å². The van der Waals surface area contributed by atoms with Crippen molar-refractivity contribution in [3.05, 3.63) is 53.6 Å². The molecule has 3 atom stereocenters. The molecule has 0 aromatic heterocycles. The average molecular weight is 485 g/mol. The van der Waals surface area contributed by atoms with Gasteiger partial charge in [0, 0.05) is 16.1 Å². The summed E-state index contributed by atoms with van der Waals surface area (Å²) in [6.07, 6.45) is 10.2. The van der Waals surface area contributed by atoms with Gasteiger partial charge in [-0.15, -0.1) is 11.8 Å². The number of rotatable bonds is 13. The molecule has 0 amide bonds. The number of thioether (sulfide) groups is 1. The summed E-state index contributed by atoms with van der Waals surface area (Å²) in [6.45, 7) is 4.44. The number of fused-ring (bicyclic) bond motifs is 1. The zero-order valence-corrected chi connectivity index (χ0v) is 21.4. The van der Waals surface area contributed by atoms with Crippen molar-refractivity contribution in [3.63, 3.8) is 0 Å². The van der Waals surface area contributed by atoms with Gasteiger partial charge < -0.3 is 15.3 Å². The van der Waals surface area contributed by atoms with Gasteiger partial charge in [-0.25, -0.2) is 0 Å². The highest BCUT2D eigenvalue weighted by Gasteiger charge is 2.41. The van der Waals surface area contributed by atoms with Gasteiger partial charge in [0.15, 0.2) is 0 Å². The smallest absolute Gasteiger partial charge is 0.306 e. The van der Waals surface area contributed by atoms with Gasteiger partial charge in [-0.3, -0.25) is 4.79 Å². The van der Waals surface area contributed by atoms with Crippen molar-refractivity contribution in [2.75, 3.05) is 5.75 Å². The highest BCUT2D eigenvalue weighted by Crippen LogP contribution is 2.52. The van der Waals surface area contributed by atoms with Gasteiger partial charge in [0.05, 0.1) is 5.92 Å². The molecule has 0 fully saturated rings. The Morgan fingerprint density at radius 1 is 0.971 bits per heavy atom. The maximum Gasteiger partial charge on any atom is 0.306 e. The molecule has 3 unspecified atom stereocenters. The molecule has 0 aliphatic carbocycles. The lowest BCUT2D eigenvalue weighted by molar-refractivity contribution is -0.142. The molecule has 0 bridgehead atoms. The van der Waals surface area contributed by atoms with E-state index in [0.29, 0.717) is 11.7 Å². The standard InChI is InChI=1S/C29H40O4S/c1-3-4-10-21(28(32)33)11-8-6-5-7-9-12-26-25-18-17-24(31)19-27(25)34-20-29(26,2)22-13-15-23(30)16-14-22/h13-19,21,26,30-31H,3-12,20H2,1-2H3,(H,32,33). The molecule has 3 rings (SSSR count). The largest absolute Gasteiger partial charge is 0.508 e. The number of aromatic hydroxyl groups is 2. The number of carbonyl (C=O) groups is 1. The van der Waals surface area contributed by atoms with Crippen molar-refractivity contribution < 1.29 is 20.1 Å². The van der Waals surface area contributed by atoms with Crippen LogP contribution in [0.1, 0.15) is 95.1 Å². The van der Waals surface area contributed by atoms with Crippen LogP contribution in [0, 0.1) is 5.92 Å². The highest BCUT2D eigenvalue weighted by molar-refractivity contribution is 7.99. The lowest BCUT2D eigenvalue weighted by Crippen LogP contribution is -2.36. The van der Waals surface area contributed by atoms with Crippen molar-refractivity contribution >= 4 is 17.7 Å². The molecule has 1 aliphatic rings. The second-order valence-corrected chi connectivity index (χ2v) is 11.1. The fourth-order valence-corrected chi connectivity index (χ4v) is 6.72. The van der Waals surface area contributed by atoms with Crippen LogP contribution in [0.4, 0.5) is 0 Å². The monoisotopic (exact) mass is 484 g/mol. The van der Waals surface area contributed by atoms with Crippen molar-refractivity contribution in [1.29, 1.82) is 0 Å². The first kappa shape index (κ1) is 26.5. The van der Waals surface area contributed by atoms with Crippen molar-refractivity contribution in [1.82, 2.24) is 0 Å². The summed E-state index contributed by atoms with van der Waals surface area (Å²) < 4.78 is 0. The van der Waals surface area contributed by atoms with Gasteiger partial charge in [0.25, 0.3) is 0 Å². The molecule has 0 saturated carbocycles. The van der Waals surface area contributed by atoms with Crippen LogP contribution in [0.25, 0.3) is 0 Å². The van der Waals surface area contributed by atoms with E-state index < -0.39 is 5.97 Å². The molecule has 0 radical (unpaired) electrons. The SMILES string of the molecule is CCCCC(CCCCCCCC1c2ccc(O)cc2SCC1(C)c1ccc(O)cc1)C(=O)O. The zero-order valence-electron chi connectivity index (χ0n) is 20.6. The molecule has 186 valence electrons. The third-order valence-corrected chi connectivity index (χ3v) is 8.91. The maximum atomic E-state index is 11.4. The molecule has 4 nitrogen and oxygen atoms in total.